The van der Waals surface area contributed by atoms with E-state index < -0.39 is 9.84 Å². The number of nitrogens with zero attached hydrogens (tertiary/aromatic N) is 2. The molecule has 35 heavy (non-hydrogen) atoms. The topological polar surface area (TPSA) is 91.4 Å². The Balaban J connectivity index is 1.42. The van der Waals surface area contributed by atoms with Crippen LogP contribution in [0.25, 0.3) is 10.9 Å². The lowest BCUT2D eigenvalue weighted by atomic mass is 10.1. The number of fused-ring (bicyclic) bond motifs is 1. The van der Waals surface area contributed by atoms with Crippen LogP contribution in [0.15, 0.2) is 29.2 Å². The molecule has 2 saturated carbocycles. The SMILES string of the molecule is CC(C)S(=O)(=O)C1CCN(c2cc(SNC3(C)CC3)cc3nc(NC(=O)C4(C)CC4)ccc23)CC1. The predicted octanol–water partition coefficient (Wildman–Crippen LogP) is 4.91. The van der Waals surface area contributed by atoms with Crippen LogP contribution < -0.4 is 14.9 Å². The van der Waals surface area contributed by atoms with Crippen LogP contribution in [0.2, 0.25) is 0 Å². The molecule has 0 bridgehead atoms. The molecule has 0 atom stereocenters. The van der Waals surface area contributed by atoms with E-state index in [1.165, 1.54) is 12.8 Å². The molecular formula is C26H36N4O3S2. The highest BCUT2D eigenvalue weighted by Crippen LogP contribution is 2.46. The largest absolute Gasteiger partial charge is 0.371 e. The van der Waals surface area contributed by atoms with Crippen LogP contribution in [0.5, 0.6) is 0 Å². The van der Waals surface area contributed by atoms with Crippen molar-refractivity contribution in [2.45, 2.75) is 87.2 Å². The summed E-state index contributed by atoms with van der Waals surface area (Å²) in [5, 5.41) is 3.40. The second-order valence-electron chi connectivity index (χ2n) is 11.3. The highest BCUT2D eigenvalue weighted by atomic mass is 32.2. The molecule has 9 heteroatoms. The first-order valence-corrected chi connectivity index (χ1v) is 15.1. The number of rotatable bonds is 8. The Morgan fingerprint density at radius 2 is 1.80 bits per heavy atom. The third-order valence-electron chi connectivity index (χ3n) is 7.87. The first-order chi connectivity index (χ1) is 16.5. The minimum atomic E-state index is -3.09. The van der Waals surface area contributed by atoms with Gasteiger partial charge in [-0.2, -0.15) is 0 Å². The Labute approximate surface area is 212 Å². The quantitative estimate of drug-likeness (QED) is 0.482. The lowest BCUT2D eigenvalue weighted by molar-refractivity contribution is -0.120. The van der Waals surface area contributed by atoms with E-state index in [9.17, 15) is 13.2 Å². The van der Waals surface area contributed by atoms with Crippen molar-refractivity contribution >= 4 is 50.1 Å². The second-order valence-corrected chi connectivity index (χ2v) is 15.0. The van der Waals surface area contributed by atoms with Crippen molar-refractivity contribution in [1.82, 2.24) is 9.71 Å². The number of hydrogen-bond acceptors (Lipinski definition) is 7. The molecule has 2 heterocycles. The molecule has 0 unspecified atom stereocenters. The smallest absolute Gasteiger partial charge is 0.231 e. The molecule has 0 spiro atoms. The van der Waals surface area contributed by atoms with Crippen molar-refractivity contribution < 1.29 is 13.2 Å². The molecule has 2 aromatic rings. The van der Waals surface area contributed by atoms with Gasteiger partial charge in [-0.15, -0.1) is 0 Å². The number of carbonyl (C=O) groups is 1. The highest BCUT2D eigenvalue weighted by Gasteiger charge is 2.45. The summed E-state index contributed by atoms with van der Waals surface area (Å²) in [4.78, 5) is 20.8. The summed E-state index contributed by atoms with van der Waals surface area (Å²) in [6, 6.07) is 8.17. The van der Waals surface area contributed by atoms with E-state index in [-0.39, 0.29) is 27.4 Å². The van der Waals surface area contributed by atoms with Gasteiger partial charge in [0.1, 0.15) is 5.82 Å². The number of carbonyl (C=O) groups excluding carboxylic acids is 1. The number of benzene rings is 1. The van der Waals surface area contributed by atoms with Crippen molar-refractivity contribution in [3.05, 3.63) is 24.3 Å². The number of piperidine rings is 1. The number of aromatic nitrogens is 1. The van der Waals surface area contributed by atoms with Crippen molar-refractivity contribution in [2.24, 2.45) is 5.41 Å². The van der Waals surface area contributed by atoms with E-state index >= 15 is 0 Å². The minimum Gasteiger partial charge on any atom is -0.371 e. The van der Waals surface area contributed by atoms with E-state index in [1.54, 1.807) is 25.8 Å². The van der Waals surface area contributed by atoms with Crippen LogP contribution in [0, 0.1) is 5.41 Å². The maximum atomic E-state index is 12.7. The van der Waals surface area contributed by atoms with Crippen molar-refractivity contribution in [3.63, 3.8) is 0 Å². The summed E-state index contributed by atoms with van der Waals surface area (Å²) in [6.45, 7) is 9.16. The van der Waals surface area contributed by atoms with Crippen molar-refractivity contribution in [2.75, 3.05) is 23.3 Å². The lowest BCUT2D eigenvalue weighted by Crippen LogP contribution is -2.41. The molecule has 1 amide bonds. The first kappa shape index (κ1) is 24.8. The molecule has 2 N–H and O–H groups in total. The molecule has 1 aromatic carbocycles. The van der Waals surface area contributed by atoms with E-state index in [1.807, 2.05) is 19.1 Å². The Hall–Kier alpha value is -1.84. The minimum absolute atomic E-state index is 0.0341. The van der Waals surface area contributed by atoms with Gasteiger partial charge >= 0.3 is 0 Å². The third kappa shape index (κ3) is 5.18. The summed E-state index contributed by atoms with van der Waals surface area (Å²) < 4.78 is 29.0. The average molecular weight is 517 g/mol. The van der Waals surface area contributed by atoms with Crippen LogP contribution in [-0.4, -0.2) is 48.4 Å². The summed E-state index contributed by atoms with van der Waals surface area (Å²) in [6.07, 6.45) is 5.46. The number of nitrogens with one attached hydrogen (secondary N) is 2. The number of amides is 1. The molecule has 1 saturated heterocycles. The average Bonchev–Trinajstić information content (AvgIpc) is 3.76. The van der Waals surface area contributed by atoms with Gasteiger partial charge < -0.3 is 10.2 Å². The van der Waals surface area contributed by atoms with Gasteiger partial charge in [-0.05, 0) is 95.5 Å². The maximum Gasteiger partial charge on any atom is 0.231 e. The number of anilines is 2. The fraction of sp³-hybridized carbons (Fsp3) is 0.615. The third-order valence-corrected chi connectivity index (χ3v) is 11.6. The second kappa shape index (κ2) is 8.92. The lowest BCUT2D eigenvalue weighted by Gasteiger charge is -2.35. The van der Waals surface area contributed by atoms with Gasteiger partial charge in [0.25, 0.3) is 0 Å². The standard InChI is InChI=1S/C26H36N4O3S2/c1-17(2)35(32,33)19-7-13-30(14-8-19)22-16-18(34-29-26(4)11-12-26)15-21-20(22)5-6-23(27-21)28-24(31)25(3)9-10-25/h5-6,15-17,19,29H,7-14H2,1-4H3,(H,27,28,31). The number of pyridine rings is 1. The van der Waals surface area contributed by atoms with Gasteiger partial charge in [-0.25, -0.2) is 13.4 Å². The molecule has 5 rings (SSSR count). The van der Waals surface area contributed by atoms with E-state index in [4.69, 9.17) is 4.98 Å². The van der Waals surface area contributed by atoms with Crippen LogP contribution in [0.3, 0.4) is 0 Å². The Kier molecular flexibility index (Phi) is 6.33. The van der Waals surface area contributed by atoms with Crippen LogP contribution in [0.4, 0.5) is 11.5 Å². The Morgan fingerprint density at radius 1 is 1.11 bits per heavy atom. The van der Waals surface area contributed by atoms with Gasteiger partial charge in [-0.3, -0.25) is 9.52 Å². The van der Waals surface area contributed by atoms with Gasteiger partial charge in [-0.1, -0.05) is 6.92 Å². The molecule has 190 valence electrons. The predicted molar refractivity (Wildman–Crippen MR) is 144 cm³/mol. The van der Waals surface area contributed by atoms with Gasteiger partial charge in [0, 0.05) is 40.0 Å². The van der Waals surface area contributed by atoms with E-state index in [0.29, 0.717) is 31.7 Å². The molecule has 1 aromatic heterocycles. The molecule has 1 aliphatic heterocycles. The van der Waals surface area contributed by atoms with E-state index in [0.717, 1.165) is 34.3 Å². The number of sulfone groups is 1. The van der Waals surface area contributed by atoms with Gasteiger partial charge in [0.05, 0.1) is 16.0 Å². The molecule has 2 aliphatic carbocycles. The monoisotopic (exact) mass is 516 g/mol. The zero-order chi connectivity index (χ0) is 25.0. The summed E-state index contributed by atoms with van der Waals surface area (Å²) in [7, 11) is -3.09. The molecule has 3 aliphatic rings. The summed E-state index contributed by atoms with van der Waals surface area (Å²) in [5.74, 6) is 0.611. The molecule has 7 nitrogen and oxygen atoms in total. The first-order valence-electron chi connectivity index (χ1n) is 12.7. The van der Waals surface area contributed by atoms with Crippen LogP contribution in [-0.2, 0) is 14.6 Å². The van der Waals surface area contributed by atoms with Crippen molar-refractivity contribution in [3.8, 4) is 0 Å². The molecule has 0 radical (unpaired) electrons. The zero-order valence-corrected chi connectivity index (χ0v) is 22.7. The Bertz CT molecular complexity index is 1240. The number of hydrogen-bond donors (Lipinski definition) is 2. The summed E-state index contributed by atoms with van der Waals surface area (Å²) >= 11 is 1.63. The Morgan fingerprint density at radius 3 is 2.40 bits per heavy atom. The molecular weight excluding hydrogens is 480 g/mol. The fourth-order valence-electron chi connectivity index (χ4n) is 4.54. The maximum absolute atomic E-state index is 12.7. The van der Waals surface area contributed by atoms with E-state index in [2.05, 4.69) is 34.0 Å². The highest BCUT2D eigenvalue weighted by molar-refractivity contribution is 7.97. The normalized spacial score (nSPS) is 21.3. The van der Waals surface area contributed by atoms with Gasteiger partial charge in [0.15, 0.2) is 9.84 Å². The van der Waals surface area contributed by atoms with Crippen LogP contribution >= 0.6 is 11.9 Å². The molecule has 3 fully saturated rings. The van der Waals surface area contributed by atoms with Gasteiger partial charge in [0.2, 0.25) is 5.91 Å². The zero-order valence-electron chi connectivity index (χ0n) is 21.1. The summed E-state index contributed by atoms with van der Waals surface area (Å²) in [5.41, 5.74) is 1.84. The van der Waals surface area contributed by atoms with Crippen molar-refractivity contribution in [1.29, 1.82) is 0 Å². The van der Waals surface area contributed by atoms with Crippen LogP contribution in [0.1, 0.15) is 66.2 Å². The fourth-order valence-corrected chi connectivity index (χ4v) is 7.09.